The average Bonchev–Trinajstić information content (AvgIpc) is 2.20. The highest BCUT2D eigenvalue weighted by molar-refractivity contribution is 6.30. The smallest absolute Gasteiger partial charge is 0.124 e. The summed E-state index contributed by atoms with van der Waals surface area (Å²) in [4.78, 5) is 0. The third-order valence-corrected chi connectivity index (χ3v) is 2.07. The number of rotatable bonds is 4. The maximum atomic E-state index is 12.4. The Morgan fingerprint density at radius 2 is 2.29 bits per heavy atom. The van der Waals surface area contributed by atoms with Crippen molar-refractivity contribution in [2.45, 2.75) is 13.0 Å². The lowest BCUT2D eigenvalue weighted by molar-refractivity contribution is 0.329. The second-order valence-electron chi connectivity index (χ2n) is 2.88. The first kappa shape index (κ1) is 11.3. The number of nitrogens with two attached hydrogens (primary N) is 1. The van der Waals surface area contributed by atoms with Gasteiger partial charge in [-0.3, -0.25) is 0 Å². The topological polar surface area (TPSA) is 35.2 Å². The molecule has 0 radical (unpaired) electrons. The normalized spacial score (nSPS) is 12.6. The second kappa shape index (κ2) is 5.17. The highest BCUT2D eigenvalue weighted by Gasteiger charge is 2.12. The number of hydrogen-bond donors (Lipinski definition) is 1. The fourth-order valence-corrected chi connectivity index (χ4v) is 1.36. The van der Waals surface area contributed by atoms with Gasteiger partial charge in [-0.25, -0.2) is 4.39 Å². The third-order valence-electron chi connectivity index (χ3n) is 1.84. The van der Waals surface area contributed by atoms with Crippen molar-refractivity contribution in [1.82, 2.24) is 0 Å². The molecule has 1 aromatic carbocycles. The van der Waals surface area contributed by atoms with Crippen molar-refractivity contribution in [3.63, 3.8) is 0 Å². The molecule has 0 saturated heterocycles. The van der Waals surface area contributed by atoms with Crippen molar-refractivity contribution in [2.24, 2.45) is 5.73 Å². The van der Waals surface area contributed by atoms with Crippen LogP contribution in [0.5, 0.6) is 5.75 Å². The van der Waals surface area contributed by atoms with Crippen molar-refractivity contribution < 1.29 is 9.13 Å². The van der Waals surface area contributed by atoms with E-state index in [1.54, 1.807) is 18.2 Å². The van der Waals surface area contributed by atoms with Crippen LogP contribution in [0.2, 0.25) is 5.02 Å². The Balaban J connectivity index is 3.02. The lowest BCUT2D eigenvalue weighted by atomic mass is 10.1. The molecular formula is C10H13ClFNO. The quantitative estimate of drug-likeness (QED) is 0.842. The van der Waals surface area contributed by atoms with Crippen LogP contribution < -0.4 is 10.5 Å². The molecular weight excluding hydrogens is 205 g/mol. The first-order chi connectivity index (χ1) is 6.69. The molecule has 1 rings (SSSR count). The molecule has 0 aliphatic heterocycles. The summed E-state index contributed by atoms with van der Waals surface area (Å²) in [7, 11) is 0. The summed E-state index contributed by atoms with van der Waals surface area (Å²) in [6.45, 7) is 1.76. The Hall–Kier alpha value is -0.800. The molecule has 14 heavy (non-hydrogen) atoms. The van der Waals surface area contributed by atoms with E-state index in [1.165, 1.54) is 0 Å². The zero-order valence-corrected chi connectivity index (χ0v) is 8.72. The van der Waals surface area contributed by atoms with Crippen molar-refractivity contribution in [3.05, 3.63) is 28.8 Å². The van der Waals surface area contributed by atoms with Crippen LogP contribution in [0.15, 0.2) is 18.2 Å². The predicted octanol–water partition coefficient (Wildman–Crippen LogP) is 2.71. The minimum absolute atomic E-state index is 0.521. The fraction of sp³-hybridized carbons (Fsp3) is 0.400. The molecule has 1 aromatic rings. The Bertz CT molecular complexity index is 306. The van der Waals surface area contributed by atoms with Gasteiger partial charge in [-0.1, -0.05) is 11.6 Å². The van der Waals surface area contributed by atoms with Gasteiger partial charge in [0.2, 0.25) is 0 Å². The molecule has 2 N–H and O–H groups in total. The van der Waals surface area contributed by atoms with E-state index in [2.05, 4.69) is 0 Å². The first-order valence-corrected chi connectivity index (χ1v) is 4.80. The van der Waals surface area contributed by atoms with Crippen LogP contribution in [0.3, 0.4) is 0 Å². The third kappa shape index (κ3) is 2.59. The maximum absolute atomic E-state index is 12.4. The van der Waals surface area contributed by atoms with Crippen LogP contribution in [-0.2, 0) is 0 Å². The van der Waals surface area contributed by atoms with Crippen LogP contribution >= 0.6 is 11.6 Å². The molecule has 1 atom stereocenters. The highest BCUT2D eigenvalue weighted by Crippen LogP contribution is 2.27. The second-order valence-corrected chi connectivity index (χ2v) is 3.31. The highest BCUT2D eigenvalue weighted by atomic mass is 35.5. The molecule has 2 nitrogen and oxygen atoms in total. The van der Waals surface area contributed by atoms with Gasteiger partial charge in [0, 0.05) is 10.6 Å². The lowest BCUT2D eigenvalue weighted by Crippen LogP contribution is -2.13. The average molecular weight is 218 g/mol. The number of halogens is 2. The molecule has 0 aliphatic carbocycles. The van der Waals surface area contributed by atoms with Gasteiger partial charge < -0.3 is 10.5 Å². The fourth-order valence-electron chi connectivity index (χ4n) is 1.18. The van der Waals surface area contributed by atoms with Crippen LogP contribution in [-0.4, -0.2) is 13.3 Å². The van der Waals surface area contributed by atoms with E-state index >= 15 is 0 Å². The van der Waals surface area contributed by atoms with Gasteiger partial charge in [-0.15, -0.1) is 0 Å². The molecule has 0 spiro atoms. The molecule has 78 valence electrons. The summed E-state index contributed by atoms with van der Waals surface area (Å²) in [5.41, 5.74) is 6.19. The zero-order valence-electron chi connectivity index (χ0n) is 7.97. The Morgan fingerprint density at radius 3 is 2.86 bits per heavy atom. The van der Waals surface area contributed by atoms with Crippen molar-refractivity contribution in [2.75, 3.05) is 13.3 Å². The van der Waals surface area contributed by atoms with E-state index in [1.807, 2.05) is 6.92 Å². The van der Waals surface area contributed by atoms with Crippen LogP contribution in [0, 0.1) is 0 Å². The van der Waals surface area contributed by atoms with Gasteiger partial charge in [-0.05, 0) is 25.1 Å². The van der Waals surface area contributed by atoms with Crippen LogP contribution in [0.1, 0.15) is 18.5 Å². The molecule has 1 unspecified atom stereocenters. The van der Waals surface area contributed by atoms with Crippen LogP contribution in [0.4, 0.5) is 4.39 Å². The molecule has 0 aliphatic rings. The van der Waals surface area contributed by atoms with Crippen molar-refractivity contribution in [1.29, 1.82) is 0 Å². The summed E-state index contributed by atoms with van der Waals surface area (Å²) >= 11 is 5.78. The van der Waals surface area contributed by atoms with Crippen molar-refractivity contribution >= 4 is 11.6 Å². The van der Waals surface area contributed by atoms with E-state index in [4.69, 9.17) is 22.1 Å². The molecule has 0 saturated carbocycles. The number of hydrogen-bond acceptors (Lipinski definition) is 2. The summed E-state index contributed by atoms with van der Waals surface area (Å²) in [5, 5.41) is 0.535. The lowest BCUT2D eigenvalue weighted by Gasteiger charge is -2.14. The van der Waals surface area contributed by atoms with Gasteiger partial charge in [-0.2, -0.15) is 0 Å². The van der Waals surface area contributed by atoms with E-state index in [0.29, 0.717) is 22.9 Å². The van der Waals surface area contributed by atoms with Gasteiger partial charge in [0.05, 0.1) is 12.6 Å². The van der Waals surface area contributed by atoms with Gasteiger partial charge in [0.25, 0.3) is 0 Å². The van der Waals surface area contributed by atoms with Gasteiger partial charge in [0.1, 0.15) is 12.4 Å². The van der Waals surface area contributed by atoms with Crippen LogP contribution in [0.25, 0.3) is 0 Å². The monoisotopic (exact) mass is 217 g/mol. The molecule has 0 bridgehead atoms. The Morgan fingerprint density at radius 1 is 1.57 bits per heavy atom. The Kier molecular flexibility index (Phi) is 4.17. The van der Waals surface area contributed by atoms with E-state index in [0.717, 1.165) is 0 Å². The SMILES string of the molecule is CCOc1ccc(Cl)cc1C(N)CF. The maximum Gasteiger partial charge on any atom is 0.124 e. The van der Waals surface area contributed by atoms with Gasteiger partial charge in [0.15, 0.2) is 0 Å². The van der Waals surface area contributed by atoms with Crippen molar-refractivity contribution in [3.8, 4) is 5.75 Å². The minimum Gasteiger partial charge on any atom is -0.494 e. The molecule has 0 fully saturated rings. The first-order valence-electron chi connectivity index (χ1n) is 4.42. The molecule has 0 heterocycles. The largest absolute Gasteiger partial charge is 0.494 e. The summed E-state index contributed by atoms with van der Waals surface area (Å²) in [6, 6.07) is 4.37. The zero-order chi connectivity index (χ0) is 10.6. The minimum atomic E-state index is -0.671. The van der Waals surface area contributed by atoms with E-state index < -0.39 is 12.7 Å². The van der Waals surface area contributed by atoms with E-state index in [-0.39, 0.29) is 0 Å². The number of alkyl halides is 1. The standard InChI is InChI=1S/C10H13ClFNO/c1-2-14-10-4-3-7(11)5-8(10)9(13)6-12/h3-5,9H,2,6,13H2,1H3. The van der Waals surface area contributed by atoms with Gasteiger partial charge >= 0.3 is 0 Å². The summed E-state index contributed by atoms with van der Waals surface area (Å²) in [5.74, 6) is 0.599. The summed E-state index contributed by atoms with van der Waals surface area (Å²) in [6.07, 6.45) is 0. The molecule has 0 aromatic heterocycles. The predicted molar refractivity (Wildman–Crippen MR) is 55.5 cm³/mol. The molecule has 4 heteroatoms. The number of ether oxygens (including phenoxy) is 1. The Labute approximate surface area is 87.8 Å². The number of benzene rings is 1. The van der Waals surface area contributed by atoms with E-state index in [9.17, 15) is 4.39 Å². The summed E-state index contributed by atoms with van der Waals surface area (Å²) < 4.78 is 17.7. The molecule has 0 amide bonds.